The topological polar surface area (TPSA) is 43.7 Å². The largest absolute Gasteiger partial charge is 0.494 e. The standard InChI is InChI=1S/C25H27BN2O3/c1-24(2)25(3,4)31-26(30-24)20-13-11-18(12-14-20)23(29)28-17-21-9-7-15-27(21)16-19-8-5-6-10-22(19)28/h5-15H,16-17H2,1-4H3. The molecule has 0 unspecified atom stereocenters. The minimum atomic E-state index is -0.434. The number of carbonyl (C=O) groups is 1. The summed E-state index contributed by atoms with van der Waals surface area (Å²) >= 11 is 0. The van der Waals surface area contributed by atoms with Crippen LogP contribution in [0.5, 0.6) is 0 Å². The fourth-order valence-electron chi connectivity index (χ4n) is 4.18. The molecule has 3 aromatic rings. The van der Waals surface area contributed by atoms with Crippen LogP contribution in [-0.2, 0) is 22.4 Å². The van der Waals surface area contributed by atoms with Gasteiger partial charge in [-0.3, -0.25) is 4.79 Å². The number of para-hydroxylation sites is 1. The number of nitrogens with zero attached hydrogens (tertiary/aromatic N) is 2. The lowest BCUT2D eigenvalue weighted by Crippen LogP contribution is -2.41. The number of fused-ring (bicyclic) bond motifs is 2. The molecule has 2 aliphatic heterocycles. The molecule has 1 fully saturated rings. The maximum Gasteiger partial charge on any atom is 0.494 e. The SMILES string of the molecule is CC1(C)OB(c2ccc(C(=O)N3Cc4cccn4Cc4ccccc43)cc2)OC1(C)C. The number of aromatic nitrogens is 1. The fourth-order valence-corrected chi connectivity index (χ4v) is 4.18. The molecule has 2 aromatic carbocycles. The Morgan fingerprint density at radius 2 is 1.55 bits per heavy atom. The molecule has 1 saturated heterocycles. The predicted molar refractivity (Wildman–Crippen MR) is 123 cm³/mol. The number of anilines is 1. The summed E-state index contributed by atoms with van der Waals surface area (Å²) in [6, 6.07) is 19.8. The second kappa shape index (κ2) is 7.11. The highest BCUT2D eigenvalue weighted by molar-refractivity contribution is 6.62. The molecule has 158 valence electrons. The van der Waals surface area contributed by atoms with Crippen molar-refractivity contribution in [2.75, 3.05) is 4.90 Å². The van der Waals surface area contributed by atoms with E-state index in [0.29, 0.717) is 12.1 Å². The van der Waals surface area contributed by atoms with Crippen LogP contribution in [0.3, 0.4) is 0 Å². The van der Waals surface area contributed by atoms with Crippen LogP contribution in [0.1, 0.15) is 49.3 Å². The van der Waals surface area contributed by atoms with Crippen molar-refractivity contribution in [3.05, 3.63) is 83.7 Å². The average Bonchev–Trinajstić information content (AvgIpc) is 3.21. The molecular weight excluding hydrogens is 387 g/mol. The Balaban J connectivity index is 1.43. The van der Waals surface area contributed by atoms with E-state index in [0.717, 1.165) is 29.0 Å². The summed E-state index contributed by atoms with van der Waals surface area (Å²) in [5.74, 6) is -0.0115. The maximum absolute atomic E-state index is 13.5. The zero-order valence-electron chi connectivity index (χ0n) is 18.5. The third-order valence-corrected chi connectivity index (χ3v) is 6.79. The highest BCUT2D eigenvalue weighted by atomic mass is 16.7. The van der Waals surface area contributed by atoms with Crippen molar-refractivity contribution in [3.8, 4) is 0 Å². The molecule has 5 nitrogen and oxygen atoms in total. The van der Waals surface area contributed by atoms with Gasteiger partial charge in [0.1, 0.15) is 0 Å². The van der Waals surface area contributed by atoms with Crippen molar-refractivity contribution in [1.29, 1.82) is 0 Å². The van der Waals surface area contributed by atoms with Gasteiger partial charge in [0, 0.05) is 29.7 Å². The van der Waals surface area contributed by atoms with E-state index in [1.165, 1.54) is 0 Å². The molecule has 3 heterocycles. The predicted octanol–water partition coefficient (Wildman–Crippen LogP) is 4.00. The van der Waals surface area contributed by atoms with Crippen molar-refractivity contribution < 1.29 is 14.1 Å². The van der Waals surface area contributed by atoms with E-state index >= 15 is 0 Å². The van der Waals surface area contributed by atoms with E-state index in [-0.39, 0.29) is 5.91 Å². The van der Waals surface area contributed by atoms with E-state index < -0.39 is 18.3 Å². The highest BCUT2D eigenvalue weighted by Gasteiger charge is 2.51. The summed E-state index contributed by atoms with van der Waals surface area (Å²) in [7, 11) is -0.434. The van der Waals surface area contributed by atoms with E-state index in [4.69, 9.17) is 9.31 Å². The summed E-state index contributed by atoms with van der Waals surface area (Å²) in [4.78, 5) is 15.4. The Kier molecular flexibility index (Phi) is 4.61. The first-order chi connectivity index (χ1) is 14.7. The molecule has 0 saturated carbocycles. The Morgan fingerprint density at radius 3 is 2.26 bits per heavy atom. The molecule has 0 radical (unpaired) electrons. The molecule has 0 spiro atoms. The summed E-state index contributed by atoms with van der Waals surface area (Å²) in [5.41, 5.74) is 4.01. The quantitative estimate of drug-likeness (QED) is 0.596. The van der Waals surface area contributed by atoms with Gasteiger partial charge < -0.3 is 18.8 Å². The van der Waals surface area contributed by atoms with Crippen molar-refractivity contribution in [2.45, 2.75) is 52.0 Å². The van der Waals surface area contributed by atoms with Gasteiger partial charge in [0.25, 0.3) is 5.91 Å². The Bertz CT molecular complexity index is 1120. The third-order valence-electron chi connectivity index (χ3n) is 6.79. The van der Waals surface area contributed by atoms with Crippen molar-refractivity contribution in [3.63, 3.8) is 0 Å². The van der Waals surface area contributed by atoms with Crippen LogP contribution in [0.2, 0.25) is 0 Å². The number of amides is 1. The highest BCUT2D eigenvalue weighted by Crippen LogP contribution is 2.36. The van der Waals surface area contributed by atoms with Gasteiger partial charge in [0.05, 0.1) is 17.7 Å². The molecule has 31 heavy (non-hydrogen) atoms. The molecule has 1 amide bonds. The smallest absolute Gasteiger partial charge is 0.399 e. The Hall–Kier alpha value is -2.83. The van der Waals surface area contributed by atoms with Crippen molar-refractivity contribution >= 4 is 24.2 Å². The zero-order chi connectivity index (χ0) is 21.8. The number of hydrogen-bond acceptors (Lipinski definition) is 3. The second-order valence-electron chi connectivity index (χ2n) is 9.36. The molecule has 5 rings (SSSR count). The van der Waals surface area contributed by atoms with Gasteiger partial charge in [0.15, 0.2) is 0 Å². The van der Waals surface area contributed by atoms with E-state index in [1.807, 2.05) is 81.1 Å². The number of rotatable bonds is 2. The average molecular weight is 414 g/mol. The monoisotopic (exact) mass is 414 g/mol. The van der Waals surface area contributed by atoms with Gasteiger partial charge in [-0.2, -0.15) is 0 Å². The molecule has 0 aliphatic carbocycles. The Morgan fingerprint density at radius 1 is 0.871 bits per heavy atom. The van der Waals surface area contributed by atoms with Gasteiger partial charge in [-0.1, -0.05) is 30.3 Å². The minimum Gasteiger partial charge on any atom is -0.399 e. The molecular formula is C25H27BN2O3. The van der Waals surface area contributed by atoms with Gasteiger partial charge in [-0.15, -0.1) is 0 Å². The van der Waals surface area contributed by atoms with Gasteiger partial charge >= 0.3 is 7.12 Å². The van der Waals surface area contributed by atoms with E-state index in [1.54, 1.807) is 0 Å². The minimum absolute atomic E-state index is 0.0115. The summed E-state index contributed by atoms with van der Waals surface area (Å²) in [6.07, 6.45) is 2.07. The molecule has 0 atom stereocenters. The molecule has 2 aliphatic rings. The molecule has 6 heteroatoms. The summed E-state index contributed by atoms with van der Waals surface area (Å²) in [5, 5.41) is 0. The third kappa shape index (κ3) is 3.40. The Labute approximate surface area is 183 Å². The first-order valence-corrected chi connectivity index (χ1v) is 10.7. The van der Waals surface area contributed by atoms with Crippen LogP contribution in [0.25, 0.3) is 0 Å². The number of hydrogen-bond donors (Lipinski definition) is 0. The molecule has 1 aromatic heterocycles. The fraction of sp³-hybridized carbons (Fsp3) is 0.320. The van der Waals surface area contributed by atoms with Crippen molar-refractivity contribution in [2.24, 2.45) is 0 Å². The molecule has 0 N–H and O–H groups in total. The normalized spacial score (nSPS) is 19.0. The lowest BCUT2D eigenvalue weighted by molar-refractivity contribution is 0.00578. The summed E-state index contributed by atoms with van der Waals surface area (Å²) in [6.45, 7) is 9.47. The number of carbonyl (C=O) groups excluding carboxylic acids is 1. The van der Waals surface area contributed by atoms with Crippen LogP contribution in [-0.4, -0.2) is 28.8 Å². The first-order valence-electron chi connectivity index (χ1n) is 10.7. The van der Waals surface area contributed by atoms with Crippen LogP contribution >= 0.6 is 0 Å². The second-order valence-corrected chi connectivity index (χ2v) is 9.36. The van der Waals surface area contributed by atoms with E-state index in [9.17, 15) is 4.79 Å². The van der Waals surface area contributed by atoms with Gasteiger partial charge in [0.2, 0.25) is 0 Å². The van der Waals surface area contributed by atoms with Crippen LogP contribution in [0.4, 0.5) is 5.69 Å². The zero-order valence-corrected chi connectivity index (χ0v) is 18.5. The van der Waals surface area contributed by atoms with Crippen LogP contribution < -0.4 is 10.4 Å². The lowest BCUT2D eigenvalue weighted by Gasteiger charge is -2.32. The molecule has 0 bridgehead atoms. The summed E-state index contributed by atoms with van der Waals surface area (Å²) < 4.78 is 14.5. The maximum atomic E-state index is 13.5. The van der Waals surface area contributed by atoms with Crippen LogP contribution in [0, 0.1) is 0 Å². The number of benzene rings is 2. The first kappa shape index (κ1) is 20.1. The van der Waals surface area contributed by atoms with Gasteiger partial charge in [-0.05, 0) is 69.1 Å². The van der Waals surface area contributed by atoms with E-state index in [2.05, 4.69) is 22.9 Å². The van der Waals surface area contributed by atoms with Crippen molar-refractivity contribution in [1.82, 2.24) is 4.57 Å². The van der Waals surface area contributed by atoms with Gasteiger partial charge in [-0.25, -0.2) is 0 Å². The van der Waals surface area contributed by atoms with Crippen LogP contribution in [0.15, 0.2) is 66.9 Å². The lowest BCUT2D eigenvalue weighted by atomic mass is 9.79.